The Hall–Kier alpha value is -3.41. The summed E-state index contributed by atoms with van der Waals surface area (Å²) in [5.74, 6) is -0.187. The van der Waals surface area contributed by atoms with E-state index in [1.54, 1.807) is 42.4 Å². The molecule has 1 amide bonds. The molecule has 0 aliphatic heterocycles. The number of oxazole rings is 1. The van der Waals surface area contributed by atoms with E-state index in [2.05, 4.69) is 24.0 Å². The van der Waals surface area contributed by atoms with E-state index < -0.39 is 5.97 Å². The van der Waals surface area contributed by atoms with Crippen molar-refractivity contribution in [3.63, 3.8) is 0 Å². The van der Waals surface area contributed by atoms with Crippen LogP contribution in [0, 0.1) is 0 Å². The molecule has 6 nitrogen and oxygen atoms in total. The highest BCUT2D eigenvalue weighted by Crippen LogP contribution is 2.19. The van der Waals surface area contributed by atoms with Gasteiger partial charge in [-0.05, 0) is 29.7 Å². The van der Waals surface area contributed by atoms with Crippen LogP contribution in [0.5, 0.6) is 0 Å². The van der Waals surface area contributed by atoms with Crippen LogP contribution in [0.1, 0.15) is 28.4 Å². The highest BCUT2D eigenvalue weighted by atomic mass is 16.5. The Labute approximate surface area is 163 Å². The number of rotatable bonds is 7. The van der Waals surface area contributed by atoms with Crippen LogP contribution in [0.4, 0.5) is 0 Å². The SMILES string of the molecule is CCc1ccc(CN(C)C(=O)COC(=O)c2ccc(-c3cnco3)cc2)cc1. The number of hydrogen-bond donors (Lipinski definition) is 0. The minimum absolute atomic E-state index is 0.258. The maximum atomic E-state index is 12.2. The topological polar surface area (TPSA) is 72.6 Å². The molecule has 1 aromatic heterocycles. The highest BCUT2D eigenvalue weighted by molar-refractivity contribution is 5.91. The smallest absolute Gasteiger partial charge is 0.338 e. The van der Waals surface area contributed by atoms with Gasteiger partial charge in [0.05, 0.1) is 11.8 Å². The standard InChI is InChI=1S/C22H22N2O4/c1-3-16-4-6-17(7-5-16)13-24(2)21(25)14-27-22(26)19-10-8-18(9-11-19)20-12-23-15-28-20/h4-12,15H,3,13-14H2,1-2H3. The van der Waals surface area contributed by atoms with E-state index in [0.29, 0.717) is 17.9 Å². The van der Waals surface area contributed by atoms with E-state index in [4.69, 9.17) is 9.15 Å². The van der Waals surface area contributed by atoms with E-state index in [1.165, 1.54) is 12.0 Å². The first-order valence-electron chi connectivity index (χ1n) is 9.04. The molecule has 3 rings (SSSR count). The van der Waals surface area contributed by atoms with Crippen LogP contribution < -0.4 is 0 Å². The van der Waals surface area contributed by atoms with E-state index in [-0.39, 0.29) is 12.5 Å². The van der Waals surface area contributed by atoms with Crippen LogP contribution >= 0.6 is 0 Å². The molecule has 0 aliphatic carbocycles. The maximum absolute atomic E-state index is 12.2. The molecule has 0 spiro atoms. The van der Waals surface area contributed by atoms with Crippen LogP contribution in [0.15, 0.2) is 65.5 Å². The summed E-state index contributed by atoms with van der Waals surface area (Å²) in [5.41, 5.74) is 3.45. The Kier molecular flexibility index (Phi) is 6.22. The van der Waals surface area contributed by atoms with Gasteiger partial charge in [0.25, 0.3) is 5.91 Å². The minimum Gasteiger partial charge on any atom is -0.452 e. The molecule has 0 atom stereocenters. The molecule has 28 heavy (non-hydrogen) atoms. The lowest BCUT2D eigenvalue weighted by Crippen LogP contribution is -2.30. The Morgan fingerprint density at radius 2 is 1.71 bits per heavy atom. The molecule has 6 heteroatoms. The van der Waals surface area contributed by atoms with E-state index >= 15 is 0 Å². The predicted octanol–water partition coefficient (Wildman–Crippen LogP) is 3.72. The number of carbonyl (C=O) groups excluding carboxylic acids is 2. The van der Waals surface area contributed by atoms with Gasteiger partial charge in [0.1, 0.15) is 0 Å². The van der Waals surface area contributed by atoms with Gasteiger partial charge in [-0.2, -0.15) is 0 Å². The summed E-state index contributed by atoms with van der Waals surface area (Å²) in [6.45, 7) is 2.26. The lowest BCUT2D eigenvalue weighted by atomic mass is 10.1. The minimum atomic E-state index is -0.543. The van der Waals surface area contributed by atoms with Gasteiger partial charge in [-0.15, -0.1) is 0 Å². The summed E-state index contributed by atoms with van der Waals surface area (Å²) in [5, 5.41) is 0. The Balaban J connectivity index is 1.50. The average Bonchev–Trinajstić information content (AvgIpc) is 3.27. The number of likely N-dealkylation sites (N-methyl/N-ethyl adjacent to an activating group) is 1. The Bertz CT molecular complexity index is 916. The van der Waals surface area contributed by atoms with Crippen molar-refractivity contribution in [3.05, 3.63) is 77.8 Å². The Morgan fingerprint density at radius 3 is 2.32 bits per heavy atom. The molecule has 0 radical (unpaired) electrons. The number of aromatic nitrogens is 1. The fourth-order valence-corrected chi connectivity index (χ4v) is 2.69. The van der Waals surface area contributed by atoms with Crippen molar-refractivity contribution in [1.82, 2.24) is 9.88 Å². The number of benzene rings is 2. The van der Waals surface area contributed by atoms with Crippen molar-refractivity contribution in [1.29, 1.82) is 0 Å². The molecular formula is C22H22N2O4. The largest absolute Gasteiger partial charge is 0.452 e. The van der Waals surface area contributed by atoms with Crippen LogP contribution in [-0.2, 0) is 22.5 Å². The first-order valence-corrected chi connectivity index (χ1v) is 9.04. The van der Waals surface area contributed by atoms with E-state index in [9.17, 15) is 9.59 Å². The summed E-state index contributed by atoms with van der Waals surface area (Å²) < 4.78 is 10.4. The molecule has 3 aromatic rings. The van der Waals surface area contributed by atoms with Crippen LogP contribution in [-0.4, -0.2) is 35.4 Å². The van der Waals surface area contributed by atoms with Crippen LogP contribution in [0.2, 0.25) is 0 Å². The predicted molar refractivity (Wildman–Crippen MR) is 105 cm³/mol. The van der Waals surface area contributed by atoms with Gasteiger partial charge >= 0.3 is 5.97 Å². The summed E-state index contributed by atoms with van der Waals surface area (Å²) >= 11 is 0. The first kappa shape index (κ1) is 19.4. The normalized spacial score (nSPS) is 10.5. The van der Waals surface area contributed by atoms with Gasteiger partial charge in [-0.1, -0.05) is 43.3 Å². The van der Waals surface area contributed by atoms with Crippen molar-refractivity contribution in [2.75, 3.05) is 13.7 Å². The zero-order valence-corrected chi connectivity index (χ0v) is 15.9. The third kappa shape index (κ3) is 4.85. The quantitative estimate of drug-likeness (QED) is 0.586. The molecule has 0 N–H and O–H groups in total. The van der Waals surface area contributed by atoms with E-state index in [0.717, 1.165) is 17.5 Å². The van der Waals surface area contributed by atoms with Gasteiger partial charge in [0.15, 0.2) is 18.8 Å². The molecular weight excluding hydrogens is 356 g/mol. The number of amides is 1. The van der Waals surface area contributed by atoms with E-state index in [1.807, 2.05) is 12.1 Å². The van der Waals surface area contributed by atoms with Crippen molar-refractivity contribution in [2.24, 2.45) is 0 Å². The molecule has 0 saturated carbocycles. The summed E-state index contributed by atoms with van der Waals surface area (Å²) in [7, 11) is 1.69. The van der Waals surface area contributed by atoms with Gasteiger partial charge in [0, 0.05) is 19.2 Å². The third-order valence-corrected chi connectivity index (χ3v) is 4.44. The molecule has 1 heterocycles. The molecule has 0 unspecified atom stereocenters. The third-order valence-electron chi connectivity index (χ3n) is 4.44. The summed E-state index contributed by atoms with van der Waals surface area (Å²) in [4.78, 5) is 29.8. The Morgan fingerprint density at radius 1 is 1.04 bits per heavy atom. The number of nitrogens with zero attached hydrogens (tertiary/aromatic N) is 2. The van der Waals surface area contributed by atoms with Gasteiger partial charge < -0.3 is 14.1 Å². The lowest BCUT2D eigenvalue weighted by molar-refractivity contribution is -0.133. The monoisotopic (exact) mass is 378 g/mol. The number of carbonyl (C=O) groups is 2. The molecule has 0 bridgehead atoms. The van der Waals surface area contributed by atoms with Crippen molar-refractivity contribution in [2.45, 2.75) is 19.9 Å². The molecule has 0 saturated heterocycles. The zero-order chi connectivity index (χ0) is 19.9. The van der Waals surface area contributed by atoms with Crippen LogP contribution in [0.3, 0.4) is 0 Å². The maximum Gasteiger partial charge on any atom is 0.338 e. The fourth-order valence-electron chi connectivity index (χ4n) is 2.69. The van der Waals surface area contributed by atoms with Crippen molar-refractivity contribution >= 4 is 11.9 Å². The molecule has 144 valence electrons. The number of hydrogen-bond acceptors (Lipinski definition) is 5. The second kappa shape index (κ2) is 8.99. The summed E-state index contributed by atoms with van der Waals surface area (Å²) in [6.07, 6.45) is 3.92. The second-order valence-electron chi connectivity index (χ2n) is 6.44. The molecule has 0 fully saturated rings. The number of esters is 1. The second-order valence-corrected chi connectivity index (χ2v) is 6.44. The highest BCUT2D eigenvalue weighted by Gasteiger charge is 2.14. The zero-order valence-electron chi connectivity index (χ0n) is 15.9. The fraction of sp³-hybridized carbons (Fsp3) is 0.227. The van der Waals surface area contributed by atoms with Gasteiger partial charge in [-0.25, -0.2) is 9.78 Å². The van der Waals surface area contributed by atoms with Crippen molar-refractivity contribution < 1.29 is 18.7 Å². The average molecular weight is 378 g/mol. The number of ether oxygens (including phenoxy) is 1. The first-order chi connectivity index (χ1) is 13.6. The molecule has 2 aromatic carbocycles. The van der Waals surface area contributed by atoms with Gasteiger partial charge in [-0.3, -0.25) is 4.79 Å². The van der Waals surface area contributed by atoms with Crippen molar-refractivity contribution in [3.8, 4) is 11.3 Å². The lowest BCUT2D eigenvalue weighted by Gasteiger charge is -2.17. The molecule has 0 aliphatic rings. The summed E-state index contributed by atoms with van der Waals surface area (Å²) in [6, 6.07) is 14.9. The van der Waals surface area contributed by atoms with Crippen LogP contribution in [0.25, 0.3) is 11.3 Å². The number of aryl methyl sites for hydroxylation is 1. The van der Waals surface area contributed by atoms with Gasteiger partial charge in [0.2, 0.25) is 0 Å².